The van der Waals surface area contributed by atoms with Crippen molar-refractivity contribution in [1.82, 2.24) is 4.90 Å². The van der Waals surface area contributed by atoms with Crippen molar-refractivity contribution < 1.29 is 8.42 Å². The zero-order chi connectivity index (χ0) is 10.6. The van der Waals surface area contributed by atoms with Crippen molar-refractivity contribution in [1.29, 1.82) is 0 Å². The maximum atomic E-state index is 11.3. The number of halogens is 2. The summed E-state index contributed by atoms with van der Waals surface area (Å²) in [4.78, 5) is 2.07. The van der Waals surface area contributed by atoms with Crippen LogP contribution in [0.2, 0.25) is 0 Å². The largest absolute Gasteiger partial charge is 0.297 e. The Labute approximate surface area is 95.3 Å². The molecule has 6 heteroatoms. The van der Waals surface area contributed by atoms with Crippen LogP contribution in [-0.2, 0) is 9.84 Å². The van der Waals surface area contributed by atoms with Gasteiger partial charge >= 0.3 is 0 Å². The Kier molecular flexibility index (Phi) is 4.97. The van der Waals surface area contributed by atoms with Gasteiger partial charge in [-0.15, -0.1) is 23.2 Å². The van der Waals surface area contributed by atoms with Crippen LogP contribution in [0, 0.1) is 0 Å². The molecule has 0 saturated carbocycles. The highest BCUT2D eigenvalue weighted by atomic mass is 35.5. The summed E-state index contributed by atoms with van der Waals surface area (Å²) in [5, 5.41) is 0. The predicted molar refractivity (Wildman–Crippen MR) is 60.1 cm³/mol. The molecule has 1 aliphatic rings. The maximum absolute atomic E-state index is 11.3. The Morgan fingerprint density at radius 3 is 2.14 bits per heavy atom. The first-order valence-electron chi connectivity index (χ1n) is 4.65. The summed E-state index contributed by atoms with van der Waals surface area (Å²) in [7, 11) is -2.80. The van der Waals surface area contributed by atoms with Gasteiger partial charge in [-0.3, -0.25) is 4.90 Å². The molecule has 1 rings (SSSR count). The summed E-state index contributed by atoms with van der Waals surface area (Å²) in [5.41, 5.74) is 0. The van der Waals surface area contributed by atoms with Crippen LogP contribution in [0.4, 0.5) is 0 Å². The van der Waals surface area contributed by atoms with Gasteiger partial charge in [0, 0.05) is 30.9 Å². The monoisotopic (exact) mass is 259 g/mol. The van der Waals surface area contributed by atoms with Crippen LogP contribution in [0.5, 0.6) is 0 Å². The second-order valence-corrected chi connectivity index (χ2v) is 6.46. The number of hydrogen-bond donors (Lipinski definition) is 0. The summed E-state index contributed by atoms with van der Waals surface area (Å²) in [6, 6.07) is 0.123. The minimum atomic E-state index is -2.80. The number of hydrogen-bond acceptors (Lipinski definition) is 3. The Morgan fingerprint density at radius 1 is 1.21 bits per heavy atom. The van der Waals surface area contributed by atoms with Gasteiger partial charge in [0.2, 0.25) is 0 Å². The number of alkyl halides is 2. The molecule has 0 spiro atoms. The molecule has 1 heterocycles. The lowest BCUT2D eigenvalue weighted by Crippen LogP contribution is -2.38. The number of sulfone groups is 1. The number of rotatable bonds is 5. The molecule has 1 aliphatic heterocycles. The van der Waals surface area contributed by atoms with Crippen LogP contribution < -0.4 is 0 Å². The van der Waals surface area contributed by atoms with Crippen molar-refractivity contribution in [3.8, 4) is 0 Å². The molecule has 1 fully saturated rings. The summed E-state index contributed by atoms with van der Waals surface area (Å²) in [5.74, 6) is 1.61. The molecule has 1 saturated heterocycles. The molecule has 0 bridgehead atoms. The van der Waals surface area contributed by atoms with Crippen LogP contribution in [0.3, 0.4) is 0 Å². The molecule has 84 valence electrons. The highest BCUT2D eigenvalue weighted by molar-refractivity contribution is 7.91. The van der Waals surface area contributed by atoms with Crippen LogP contribution in [-0.4, -0.2) is 55.7 Å². The average molecular weight is 260 g/mol. The minimum Gasteiger partial charge on any atom is -0.297 e. The Bertz CT molecular complexity index is 263. The van der Waals surface area contributed by atoms with Crippen molar-refractivity contribution in [2.24, 2.45) is 0 Å². The fourth-order valence-corrected chi connectivity index (χ4v) is 3.95. The smallest absolute Gasteiger partial charge is 0.151 e. The molecule has 0 aromatic heterocycles. The van der Waals surface area contributed by atoms with E-state index < -0.39 is 9.84 Å². The molecule has 14 heavy (non-hydrogen) atoms. The van der Waals surface area contributed by atoms with E-state index in [9.17, 15) is 8.42 Å². The molecular weight excluding hydrogens is 245 g/mol. The second kappa shape index (κ2) is 5.54. The molecular formula is C8H15Cl2NO2S. The Balaban J connectivity index is 2.52. The molecule has 0 radical (unpaired) electrons. The third-order valence-electron chi connectivity index (χ3n) is 2.47. The van der Waals surface area contributed by atoms with E-state index in [-0.39, 0.29) is 11.8 Å². The van der Waals surface area contributed by atoms with Crippen LogP contribution in [0.1, 0.15) is 6.42 Å². The lowest BCUT2D eigenvalue weighted by Gasteiger charge is -2.25. The summed E-state index contributed by atoms with van der Waals surface area (Å²) in [6.45, 7) is 1.43. The lowest BCUT2D eigenvalue weighted by atomic mass is 10.2. The maximum Gasteiger partial charge on any atom is 0.151 e. The Morgan fingerprint density at radius 2 is 1.79 bits per heavy atom. The van der Waals surface area contributed by atoms with Gasteiger partial charge in [0.05, 0.1) is 11.5 Å². The van der Waals surface area contributed by atoms with Gasteiger partial charge < -0.3 is 0 Å². The van der Waals surface area contributed by atoms with Gasteiger partial charge in [-0.1, -0.05) is 0 Å². The number of nitrogens with zero attached hydrogens (tertiary/aromatic N) is 1. The summed E-state index contributed by atoms with van der Waals surface area (Å²) < 4.78 is 22.5. The minimum absolute atomic E-state index is 0.123. The van der Waals surface area contributed by atoms with Crippen molar-refractivity contribution in [3.05, 3.63) is 0 Å². The van der Waals surface area contributed by atoms with Gasteiger partial charge in [-0.25, -0.2) is 8.42 Å². The molecule has 0 N–H and O–H groups in total. The van der Waals surface area contributed by atoms with Gasteiger partial charge in [-0.2, -0.15) is 0 Å². The predicted octanol–water partition coefficient (Wildman–Crippen LogP) is 0.953. The van der Waals surface area contributed by atoms with Gasteiger partial charge in [0.1, 0.15) is 0 Å². The lowest BCUT2D eigenvalue weighted by molar-refractivity contribution is 0.238. The topological polar surface area (TPSA) is 37.4 Å². The van der Waals surface area contributed by atoms with E-state index >= 15 is 0 Å². The van der Waals surface area contributed by atoms with Crippen molar-refractivity contribution in [3.63, 3.8) is 0 Å². The van der Waals surface area contributed by atoms with Crippen molar-refractivity contribution in [2.45, 2.75) is 12.5 Å². The first kappa shape index (κ1) is 12.6. The summed E-state index contributed by atoms with van der Waals surface area (Å²) >= 11 is 11.3. The molecule has 0 aromatic rings. The molecule has 1 atom stereocenters. The van der Waals surface area contributed by atoms with Crippen LogP contribution in [0.15, 0.2) is 0 Å². The molecule has 0 aromatic carbocycles. The van der Waals surface area contributed by atoms with E-state index in [0.29, 0.717) is 30.6 Å². The quantitative estimate of drug-likeness (QED) is 0.691. The zero-order valence-corrected chi connectivity index (χ0v) is 10.3. The molecule has 3 nitrogen and oxygen atoms in total. The highest BCUT2D eigenvalue weighted by Crippen LogP contribution is 2.17. The molecule has 0 amide bonds. The normalized spacial score (nSPS) is 25.8. The van der Waals surface area contributed by atoms with Crippen molar-refractivity contribution >= 4 is 33.0 Å². The highest BCUT2D eigenvalue weighted by Gasteiger charge is 2.31. The van der Waals surface area contributed by atoms with Gasteiger partial charge in [0.15, 0.2) is 9.84 Å². The standard InChI is InChI=1S/C8H15Cl2NO2S/c9-2-4-11(5-3-10)8-1-6-14(12,13)7-8/h8H,1-7H2. The Hall–Kier alpha value is 0.490. The van der Waals surface area contributed by atoms with E-state index in [2.05, 4.69) is 4.90 Å². The fraction of sp³-hybridized carbons (Fsp3) is 1.00. The summed E-state index contributed by atoms with van der Waals surface area (Å²) in [6.07, 6.45) is 0.718. The fourth-order valence-electron chi connectivity index (χ4n) is 1.76. The van der Waals surface area contributed by atoms with Crippen LogP contribution >= 0.6 is 23.2 Å². The first-order valence-corrected chi connectivity index (χ1v) is 7.54. The van der Waals surface area contributed by atoms with E-state index in [1.807, 2.05) is 0 Å². The second-order valence-electron chi connectivity index (χ2n) is 3.47. The van der Waals surface area contributed by atoms with E-state index in [4.69, 9.17) is 23.2 Å². The average Bonchev–Trinajstić information content (AvgIpc) is 2.46. The zero-order valence-electron chi connectivity index (χ0n) is 7.95. The van der Waals surface area contributed by atoms with E-state index in [0.717, 1.165) is 6.42 Å². The van der Waals surface area contributed by atoms with Gasteiger partial charge in [0.25, 0.3) is 0 Å². The third kappa shape index (κ3) is 3.57. The SMILES string of the molecule is O=S1(=O)CCC(N(CCCl)CCCl)C1. The van der Waals surface area contributed by atoms with E-state index in [1.54, 1.807) is 0 Å². The van der Waals surface area contributed by atoms with Crippen LogP contribution in [0.25, 0.3) is 0 Å². The third-order valence-corrected chi connectivity index (χ3v) is 4.56. The van der Waals surface area contributed by atoms with Gasteiger partial charge in [-0.05, 0) is 6.42 Å². The van der Waals surface area contributed by atoms with Crippen molar-refractivity contribution in [2.75, 3.05) is 36.4 Å². The molecule has 1 unspecified atom stereocenters. The molecule has 0 aliphatic carbocycles. The van der Waals surface area contributed by atoms with E-state index in [1.165, 1.54) is 0 Å². The first-order chi connectivity index (χ1) is 6.59.